The van der Waals surface area contributed by atoms with E-state index in [0.29, 0.717) is 18.7 Å². The zero-order valence-electron chi connectivity index (χ0n) is 11.7. The molecule has 0 fully saturated rings. The van der Waals surface area contributed by atoms with E-state index in [-0.39, 0.29) is 5.91 Å². The number of hydrogen-bond donors (Lipinski definition) is 2. The molecule has 2 aromatic carbocycles. The van der Waals surface area contributed by atoms with E-state index in [9.17, 15) is 4.79 Å². The van der Waals surface area contributed by atoms with Crippen molar-refractivity contribution in [2.75, 3.05) is 17.7 Å². The van der Waals surface area contributed by atoms with Crippen LogP contribution in [0.3, 0.4) is 0 Å². The summed E-state index contributed by atoms with van der Waals surface area (Å²) in [5.41, 5.74) is 8.10. The summed E-state index contributed by atoms with van der Waals surface area (Å²) in [6.07, 6.45) is 0.292. The third-order valence-electron chi connectivity index (χ3n) is 3.06. The van der Waals surface area contributed by atoms with Crippen LogP contribution in [-0.4, -0.2) is 12.5 Å². The lowest BCUT2D eigenvalue weighted by molar-refractivity contribution is -0.116. The molecular weight excluding hydrogens is 379 g/mol. The first-order chi connectivity index (χ1) is 10.1. The van der Waals surface area contributed by atoms with Crippen LogP contribution in [0.15, 0.2) is 42.5 Å². The molecular formula is C16H17IN2O2. The summed E-state index contributed by atoms with van der Waals surface area (Å²) in [6, 6.07) is 13.2. The third kappa shape index (κ3) is 4.63. The Bertz CT molecular complexity index is 627. The first kappa shape index (κ1) is 15.6. The zero-order chi connectivity index (χ0) is 15.2. The Hall–Kier alpha value is -1.76. The van der Waals surface area contributed by atoms with Crippen molar-refractivity contribution in [3.63, 3.8) is 0 Å². The summed E-state index contributed by atoms with van der Waals surface area (Å²) in [5.74, 6) is 0.678. The Balaban J connectivity index is 1.82. The van der Waals surface area contributed by atoms with Crippen LogP contribution in [0.5, 0.6) is 5.75 Å². The molecule has 3 N–H and O–H groups in total. The lowest BCUT2D eigenvalue weighted by Gasteiger charge is -2.10. The van der Waals surface area contributed by atoms with E-state index >= 15 is 0 Å². The highest BCUT2D eigenvalue weighted by atomic mass is 127. The molecule has 0 aliphatic heterocycles. The standard InChI is InChI=1S/C16H17IN2O2/c1-11-14(18)3-2-4-15(11)19-16(20)9-10-21-13-7-5-12(17)6-8-13/h2-8H,9-10,18H2,1H3,(H,19,20). The minimum Gasteiger partial charge on any atom is -0.493 e. The van der Waals surface area contributed by atoms with Crippen LogP contribution >= 0.6 is 22.6 Å². The highest BCUT2D eigenvalue weighted by Crippen LogP contribution is 2.20. The Morgan fingerprint density at radius 2 is 1.95 bits per heavy atom. The van der Waals surface area contributed by atoms with Crippen molar-refractivity contribution in [2.45, 2.75) is 13.3 Å². The average Bonchev–Trinajstić information content (AvgIpc) is 2.46. The largest absolute Gasteiger partial charge is 0.493 e. The van der Waals surface area contributed by atoms with Crippen LogP contribution in [0.2, 0.25) is 0 Å². The molecule has 1 amide bonds. The molecule has 110 valence electrons. The SMILES string of the molecule is Cc1c(N)cccc1NC(=O)CCOc1ccc(I)cc1. The number of nitrogens with two attached hydrogens (primary N) is 1. The lowest BCUT2D eigenvalue weighted by Crippen LogP contribution is -2.16. The molecule has 0 aliphatic carbocycles. The number of anilines is 2. The Labute approximate surface area is 137 Å². The Morgan fingerprint density at radius 1 is 1.24 bits per heavy atom. The fourth-order valence-corrected chi connectivity index (χ4v) is 2.15. The number of halogens is 1. The quantitative estimate of drug-likeness (QED) is 0.600. The predicted molar refractivity (Wildman–Crippen MR) is 93.5 cm³/mol. The topological polar surface area (TPSA) is 64.3 Å². The Morgan fingerprint density at radius 3 is 2.67 bits per heavy atom. The highest BCUT2D eigenvalue weighted by Gasteiger charge is 2.06. The first-order valence-corrected chi connectivity index (χ1v) is 7.67. The molecule has 0 unspecified atom stereocenters. The number of ether oxygens (including phenoxy) is 1. The van der Waals surface area contributed by atoms with Crippen molar-refractivity contribution < 1.29 is 9.53 Å². The normalized spacial score (nSPS) is 10.2. The monoisotopic (exact) mass is 396 g/mol. The highest BCUT2D eigenvalue weighted by molar-refractivity contribution is 14.1. The average molecular weight is 396 g/mol. The summed E-state index contributed by atoms with van der Waals surface area (Å²) in [7, 11) is 0. The molecule has 2 rings (SSSR count). The first-order valence-electron chi connectivity index (χ1n) is 6.59. The van der Waals surface area contributed by atoms with E-state index in [2.05, 4.69) is 27.9 Å². The number of carbonyl (C=O) groups is 1. The van der Waals surface area contributed by atoms with Crippen molar-refractivity contribution in [1.29, 1.82) is 0 Å². The molecule has 0 heterocycles. The molecule has 0 atom stereocenters. The van der Waals surface area contributed by atoms with E-state index in [1.54, 1.807) is 0 Å². The van der Waals surface area contributed by atoms with Gasteiger partial charge in [0.1, 0.15) is 5.75 Å². The molecule has 0 aliphatic rings. The van der Waals surface area contributed by atoms with Gasteiger partial charge in [-0.05, 0) is 71.5 Å². The van der Waals surface area contributed by atoms with Crippen LogP contribution in [-0.2, 0) is 4.79 Å². The van der Waals surface area contributed by atoms with Gasteiger partial charge in [-0.15, -0.1) is 0 Å². The molecule has 2 aromatic rings. The van der Waals surface area contributed by atoms with Gasteiger partial charge in [-0.25, -0.2) is 0 Å². The van der Waals surface area contributed by atoms with Gasteiger partial charge in [-0.2, -0.15) is 0 Å². The van der Waals surface area contributed by atoms with Gasteiger partial charge in [0, 0.05) is 14.9 Å². The maximum atomic E-state index is 11.9. The minimum atomic E-state index is -0.0887. The fourth-order valence-electron chi connectivity index (χ4n) is 1.79. The second-order valence-corrected chi connectivity index (χ2v) is 5.87. The van der Waals surface area contributed by atoms with Crippen LogP contribution in [0.4, 0.5) is 11.4 Å². The fraction of sp³-hybridized carbons (Fsp3) is 0.188. The van der Waals surface area contributed by atoms with E-state index < -0.39 is 0 Å². The second kappa shape index (κ2) is 7.31. The molecule has 0 bridgehead atoms. The molecule has 21 heavy (non-hydrogen) atoms. The molecule has 4 nitrogen and oxygen atoms in total. The summed E-state index contributed by atoms with van der Waals surface area (Å²) in [5, 5.41) is 2.85. The molecule has 0 aromatic heterocycles. The third-order valence-corrected chi connectivity index (χ3v) is 3.78. The van der Waals surface area contributed by atoms with Gasteiger partial charge in [0.05, 0.1) is 13.0 Å². The lowest BCUT2D eigenvalue weighted by atomic mass is 10.1. The summed E-state index contributed by atoms with van der Waals surface area (Å²) in [4.78, 5) is 11.9. The number of amides is 1. The van der Waals surface area contributed by atoms with Crippen molar-refractivity contribution in [3.8, 4) is 5.75 Å². The number of nitrogen functional groups attached to an aromatic ring is 1. The number of benzene rings is 2. The number of rotatable bonds is 5. The predicted octanol–water partition coefficient (Wildman–Crippen LogP) is 3.59. The van der Waals surface area contributed by atoms with E-state index in [0.717, 1.165) is 20.6 Å². The van der Waals surface area contributed by atoms with Crippen molar-refractivity contribution in [1.82, 2.24) is 0 Å². The van der Waals surface area contributed by atoms with Crippen LogP contribution < -0.4 is 15.8 Å². The van der Waals surface area contributed by atoms with Gasteiger partial charge in [0.25, 0.3) is 0 Å². The van der Waals surface area contributed by atoms with Gasteiger partial charge in [0.15, 0.2) is 0 Å². The minimum absolute atomic E-state index is 0.0887. The number of nitrogens with one attached hydrogen (secondary N) is 1. The van der Waals surface area contributed by atoms with Crippen molar-refractivity contribution in [2.24, 2.45) is 0 Å². The molecule has 0 spiro atoms. The van der Waals surface area contributed by atoms with E-state index in [1.807, 2.05) is 49.4 Å². The van der Waals surface area contributed by atoms with Gasteiger partial charge < -0.3 is 15.8 Å². The van der Waals surface area contributed by atoms with Crippen LogP contribution in [0.25, 0.3) is 0 Å². The molecule has 0 saturated carbocycles. The summed E-state index contributed by atoms with van der Waals surface area (Å²) in [6.45, 7) is 2.22. The van der Waals surface area contributed by atoms with Crippen LogP contribution in [0.1, 0.15) is 12.0 Å². The summed E-state index contributed by atoms with van der Waals surface area (Å²) < 4.78 is 6.68. The van der Waals surface area contributed by atoms with Gasteiger partial charge in [-0.1, -0.05) is 6.07 Å². The summed E-state index contributed by atoms with van der Waals surface area (Å²) >= 11 is 2.23. The maximum absolute atomic E-state index is 11.9. The van der Waals surface area contributed by atoms with E-state index in [1.165, 1.54) is 0 Å². The maximum Gasteiger partial charge on any atom is 0.227 e. The second-order valence-electron chi connectivity index (χ2n) is 4.62. The van der Waals surface area contributed by atoms with Crippen LogP contribution in [0, 0.1) is 10.5 Å². The zero-order valence-corrected chi connectivity index (χ0v) is 13.9. The number of hydrogen-bond acceptors (Lipinski definition) is 3. The van der Waals surface area contributed by atoms with Gasteiger partial charge in [0.2, 0.25) is 5.91 Å². The van der Waals surface area contributed by atoms with Crippen molar-refractivity contribution in [3.05, 3.63) is 51.6 Å². The van der Waals surface area contributed by atoms with Gasteiger partial charge in [-0.3, -0.25) is 4.79 Å². The van der Waals surface area contributed by atoms with Crippen molar-refractivity contribution >= 4 is 39.9 Å². The smallest absolute Gasteiger partial charge is 0.227 e. The molecule has 0 saturated heterocycles. The Kier molecular flexibility index (Phi) is 5.44. The van der Waals surface area contributed by atoms with E-state index in [4.69, 9.17) is 10.5 Å². The van der Waals surface area contributed by atoms with Gasteiger partial charge >= 0.3 is 0 Å². The number of carbonyl (C=O) groups excluding carboxylic acids is 1. The molecule has 0 radical (unpaired) electrons. The molecule has 5 heteroatoms.